The summed E-state index contributed by atoms with van der Waals surface area (Å²) in [5.41, 5.74) is 3.62. The first-order chi connectivity index (χ1) is 12.1. The van der Waals surface area contributed by atoms with Crippen LogP contribution in [-0.2, 0) is 4.79 Å². The lowest BCUT2D eigenvalue weighted by Gasteiger charge is -2.07. The smallest absolute Gasteiger partial charge is 0.225 e. The van der Waals surface area contributed by atoms with Gasteiger partial charge >= 0.3 is 0 Å². The van der Waals surface area contributed by atoms with Crippen molar-refractivity contribution in [3.05, 3.63) is 65.3 Å². The molecule has 0 aliphatic heterocycles. The molecule has 0 fully saturated rings. The highest BCUT2D eigenvalue weighted by Crippen LogP contribution is 2.28. The molecule has 0 aliphatic rings. The summed E-state index contributed by atoms with van der Waals surface area (Å²) in [5.74, 6) is 0.402. The highest BCUT2D eigenvalue weighted by atomic mass is 32.2. The maximum Gasteiger partial charge on any atom is 0.225 e. The summed E-state index contributed by atoms with van der Waals surface area (Å²) in [5, 5.41) is 4.88. The number of para-hydroxylation sites is 1. The average molecular weight is 372 g/mol. The summed E-state index contributed by atoms with van der Waals surface area (Å²) in [4.78, 5) is 16.6. The maximum absolute atomic E-state index is 13.0. The Balaban J connectivity index is 1.50. The van der Waals surface area contributed by atoms with Gasteiger partial charge in [0.05, 0.1) is 5.69 Å². The van der Waals surface area contributed by atoms with Gasteiger partial charge < -0.3 is 5.32 Å². The second-order valence-electron chi connectivity index (χ2n) is 5.47. The number of carbonyl (C=O) groups excluding carboxylic acids is 1. The van der Waals surface area contributed by atoms with Gasteiger partial charge in [0.25, 0.3) is 0 Å². The van der Waals surface area contributed by atoms with Crippen molar-refractivity contribution < 1.29 is 9.18 Å². The van der Waals surface area contributed by atoms with Gasteiger partial charge in [-0.05, 0) is 42.8 Å². The fraction of sp³-hybridized carbons (Fsp3) is 0.158. The molecule has 1 heterocycles. The van der Waals surface area contributed by atoms with Gasteiger partial charge in [0.1, 0.15) is 5.82 Å². The molecule has 0 bridgehead atoms. The van der Waals surface area contributed by atoms with E-state index in [1.165, 1.54) is 23.5 Å². The summed E-state index contributed by atoms with van der Waals surface area (Å²) in [6.45, 7) is 1.97. The van der Waals surface area contributed by atoms with Crippen LogP contribution < -0.4 is 5.32 Å². The summed E-state index contributed by atoms with van der Waals surface area (Å²) < 4.78 is 13.9. The van der Waals surface area contributed by atoms with Crippen LogP contribution in [0.3, 0.4) is 0 Å². The van der Waals surface area contributed by atoms with Gasteiger partial charge in [0, 0.05) is 28.8 Å². The van der Waals surface area contributed by atoms with Crippen molar-refractivity contribution in [1.29, 1.82) is 0 Å². The van der Waals surface area contributed by atoms with E-state index >= 15 is 0 Å². The molecule has 6 heteroatoms. The topological polar surface area (TPSA) is 42.0 Å². The van der Waals surface area contributed by atoms with Crippen LogP contribution in [-0.4, -0.2) is 16.6 Å². The van der Waals surface area contributed by atoms with E-state index in [2.05, 4.69) is 10.3 Å². The summed E-state index contributed by atoms with van der Waals surface area (Å²) in [6, 6.07) is 14.0. The molecule has 3 rings (SSSR count). The molecule has 1 aromatic heterocycles. The number of halogens is 1. The van der Waals surface area contributed by atoms with Crippen LogP contribution in [0.4, 0.5) is 10.1 Å². The van der Waals surface area contributed by atoms with Crippen molar-refractivity contribution in [2.24, 2.45) is 0 Å². The second-order valence-corrected chi connectivity index (χ2v) is 7.67. The maximum atomic E-state index is 13.0. The Bertz CT molecular complexity index is 862. The minimum atomic E-state index is -0.256. The number of hydrogen-bond donors (Lipinski definition) is 1. The van der Waals surface area contributed by atoms with Crippen LogP contribution in [0.25, 0.3) is 11.3 Å². The Morgan fingerprint density at radius 1 is 1.20 bits per heavy atom. The lowest BCUT2D eigenvalue weighted by atomic mass is 10.2. The van der Waals surface area contributed by atoms with E-state index in [1.54, 1.807) is 23.9 Å². The lowest BCUT2D eigenvalue weighted by molar-refractivity contribution is -0.115. The Morgan fingerprint density at radius 2 is 1.96 bits per heavy atom. The normalized spacial score (nSPS) is 10.6. The first kappa shape index (κ1) is 17.6. The number of benzene rings is 2. The highest BCUT2D eigenvalue weighted by Gasteiger charge is 2.08. The van der Waals surface area contributed by atoms with Crippen LogP contribution in [0.15, 0.2) is 58.3 Å². The van der Waals surface area contributed by atoms with Crippen LogP contribution in [0.5, 0.6) is 0 Å². The van der Waals surface area contributed by atoms with Gasteiger partial charge in [-0.1, -0.05) is 30.0 Å². The number of nitrogens with zero attached hydrogens (tertiary/aromatic N) is 1. The largest absolute Gasteiger partial charge is 0.326 e. The average Bonchev–Trinajstić information content (AvgIpc) is 3.06. The van der Waals surface area contributed by atoms with Crippen LogP contribution in [0.1, 0.15) is 12.0 Å². The molecule has 0 unspecified atom stereocenters. The number of hydrogen-bond acceptors (Lipinski definition) is 4. The molecule has 0 saturated carbocycles. The third-order valence-electron chi connectivity index (χ3n) is 3.60. The Hall–Kier alpha value is -2.18. The van der Waals surface area contributed by atoms with E-state index < -0.39 is 0 Å². The zero-order valence-electron chi connectivity index (χ0n) is 13.7. The molecule has 3 aromatic rings. The van der Waals surface area contributed by atoms with Gasteiger partial charge in [-0.25, -0.2) is 9.37 Å². The fourth-order valence-electron chi connectivity index (χ4n) is 2.23. The molecule has 25 heavy (non-hydrogen) atoms. The number of rotatable bonds is 6. The molecule has 3 nitrogen and oxygen atoms in total. The molecule has 1 N–H and O–H groups in total. The first-order valence-electron chi connectivity index (χ1n) is 7.81. The minimum Gasteiger partial charge on any atom is -0.326 e. The molecular formula is C19H17FN2OS2. The third kappa shape index (κ3) is 4.90. The van der Waals surface area contributed by atoms with Crippen LogP contribution in [0.2, 0.25) is 0 Å². The molecule has 2 aromatic carbocycles. The van der Waals surface area contributed by atoms with Gasteiger partial charge in [0.15, 0.2) is 4.34 Å². The van der Waals surface area contributed by atoms with E-state index in [0.29, 0.717) is 12.2 Å². The van der Waals surface area contributed by atoms with Gasteiger partial charge in [-0.2, -0.15) is 0 Å². The van der Waals surface area contributed by atoms with Crippen molar-refractivity contribution in [3.8, 4) is 11.3 Å². The van der Waals surface area contributed by atoms with E-state index in [4.69, 9.17) is 0 Å². The number of aryl methyl sites for hydroxylation is 1. The Morgan fingerprint density at radius 3 is 2.72 bits per heavy atom. The van der Waals surface area contributed by atoms with Gasteiger partial charge in [0.2, 0.25) is 5.91 Å². The van der Waals surface area contributed by atoms with E-state index in [-0.39, 0.29) is 11.7 Å². The molecule has 0 saturated heterocycles. The zero-order valence-corrected chi connectivity index (χ0v) is 15.3. The standard InChI is InChI=1S/C19H17FN2OS2/c1-13-4-2-3-5-16(13)21-18(23)10-11-24-19-22-17(12-25-19)14-6-8-15(20)9-7-14/h2-9,12H,10-11H2,1H3,(H,21,23). The van der Waals surface area contributed by atoms with Crippen molar-refractivity contribution in [2.45, 2.75) is 17.7 Å². The zero-order chi connectivity index (χ0) is 17.6. The van der Waals surface area contributed by atoms with Crippen molar-refractivity contribution in [3.63, 3.8) is 0 Å². The molecule has 0 atom stereocenters. The summed E-state index contributed by atoms with van der Waals surface area (Å²) in [6.07, 6.45) is 0.421. The second kappa shape index (κ2) is 8.27. The Kier molecular flexibility index (Phi) is 5.83. The van der Waals surface area contributed by atoms with Gasteiger partial charge in [-0.15, -0.1) is 11.3 Å². The van der Waals surface area contributed by atoms with Crippen molar-refractivity contribution in [1.82, 2.24) is 4.98 Å². The quantitative estimate of drug-likeness (QED) is 0.591. The number of thiazole rings is 1. The summed E-state index contributed by atoms with van der Waals surface area (Å²) >= 11 is 3.09. The predicted octanol–water partition coefficient (Wildman–Crippen LogP) is 5.38. The number of amides is 1. The first-order valence-corrected chi connectivity index (χ1v) is 9.68. The molecule has 1 amide bonds. The lowest BCUT2D eigenvalue weighted by Crippen LogP contribution is -2.12. The van der Waals surface area contributed by atoms with E-state index in [9.17, 15) is 9.18 Å². The third-order valence-corrected chi connectivity index (χ3v) is 5.62. The molecular weight excluding hydrogens is 355 g/mol. The number of thioether (sulfide) groups is 1. The predicted molar refractivity (Wildman–Crippen MR) is 103 cm³/mol. The van der Waals surface area contributed by atoms with Crippen molar-refractivity contribution in [2.75, 3.05) is 11.1 Å². The molecule has 0 spiro atoms. The Labute approximate surface area is 154 Å². The fourth-order valence-corrected chi connectivity index (χ4v) is 4.08. The van der Waals surface area contributed by atoms with E-state index in [1.807, 2.05) is 36.6 Å². The molecule has 128 valence electrons. The number of anilines is 1. The molecule has 0 aliphatic carbocycles. The minimum absolute atomic E-state index is 0.00267. The molecule has 0 radical (unpaired) electrons. The number of carbonyl (C=O) groups is 1. The SMILES string of the molecule is Cc1ccccc1NC(=O)CCSc1nc(-c2ccc(F)cc2)cs1. The summed E-state index contributed by atoms with van der Waals surface area (Å²) in [7, 11) is 0. The van der Waals surface area contributed by atoms with Crippen LogP contribution in [0, 0.1) is 12.7 Å². The monoisotopic (exact) mass is 372 g/mol. The number of aromatic nitrogens is 1. The van der Waals surface area contributed by atoms with Crippen LogP contribution >= 0.6 is 23.1 Å². The highest BCUT2D eigenvalue weighted by molar-refractivity contribution is 8.01. The number of nitrogens with one attached hydrogen (secondary N) is 1. The van der Waals surface area contributed by atoms with Crippen molar-refractivity contribution >= 4 is 34.7 Å². The van der Waals surface area contributed by atoms with E-state index in [0.717, 1.165) is 26.8 Å². The van der Waals surface area contributed by atoms with Gasteiger partial charge in [-0.3, -0.25) is 4.79 Å².